The van der Waals surface area contributed by atoms with Gasteiger partial charge in [0.25, 0.3) is 23.2 Å². The number of hydrogen-bond donors (Lipinski definition) is 1. The molecular formula is C14H9N5O6. The maximum atomic E-state index is 12.3. The molecule has 0 radical (unpaired) electrons. The van der Waals surface area contributed by atoms with E-state index in [-0.39, 0.29) is 35.0 Å². The monoisotopic (exact) mass is 343 g/mol. The lowest BCUT2D eigenvalue weighted by Gasteiger charge is -2.14. The summed E-state index contributed by atoms with van der Waals surface area (Å²) in [5.74, 6) is -1.03. The van der Waals surface area contributed by atoms with Gasteiger partial charge in [0, 0.05) is 18.2 Å². The van der Waals surface area contributed by atoms with Crippen molar-refractivity contribution in [1.82, 2.24) is 9.88 Å². The topological polar surface area (TPSA) is 149 Å². The van der Waals surface area contributed by atoms with Crippen LogP contribution in [-0.4, -0.2) is 38.2 Å². The number of benzene rings is 1. The molecule has 2 heterocycles. The van der Waals surface area contributed by atoms with E-state index in [4.69, 9.17) is 0 Å². The van der Waals surface area contributed by atoms with Crippen molar-refractivity contribution < 1.29 is 19.4 Å². The molecule has 0 saturated carbocycles. The van der Waals surface area contributed by atoms with Crippen molar-refractivity contribution in [2.75, 3.05) is 12.0 Å². The summed E-state index contributed by atoms with van der Waals surface area (Å²) in [7, 11) is 0. The van der Waals surface area contributed by atoms with Crippen molar-refractivity contribution >= 4 is 29.0 Å². The highest BCUT2D eigenvalue weighted by Gasteiger charge is 2.36. The Labute approximate surface area is 139 Å². The third kappa shape index (κ3) is 2.85. The van der Waals surface area contributed by atoms with E-state index in [1.165, 1.54) is 18.2 Å². The highest BCUT2D eigenvalue weighted by Crippen LogP contribution is 2.26. The van der Waals surface area contributed by atoms with Crippen LogP contribution in [0.3, 0.4) is 0 Å². The summed E-state index contributed by atoms with van der Waals surface area (Å²) < 4.78 is 0. The third-order valence-corrected chi connectivity index (χ3v) is 3.54. The van der Waals surface area contributed by atoms with Crippen LogP contribution in [0.5, 0.6) is 0 Å². The van der Waals surface area contributed by atoms with Crippen molar-refractivity contribution in [2.45, 2.75) is 0 Å². The van der Waals surface area contributed by atoms with E-state index in [9.17, 15) is 29.8 Å². The minimum atomic E-state index is -0.668. The predicted molar refractivity (Wildman–Crippen MR) is 83.0 cm³/mol. The number of rotatable bonds is 5. The Morgan fingerprint density at radius 1 is 0.960 bits per heavy atom. The first kappa shape index (κ1) is 16.0. The molecule has 1 aliphatic heterocycles. The van der Waals surface area contributed by atoms with Crippen LogP contribution in [0.1, 0.15) is 20.7 Å². The molecule has 3 rings (SSSR count). The van der Waals surface area contributed by atoms with E-state index in [1.807, 2.05) is 0 Å². The molecule has 0 spiro atoms. The van der Waals surface area contributed by atoms with Crippen molar-refractivity contribution in [3.8, 4) is 0 Å². The zero-order valence-electron chi connectivity index (χ0n) is 12.4. The molecule has 0 bridgehead atoms. The first-order chi connectivity index (χ1) is 11.9. The average molecular weight is 343 g/mol. The minimum absolute atomic E-state index is 0.0438. The molecule has 25 heavy (non-hydrogen) atoms. The van der Waals surface area contributed by atoms with Gasteiger partial charge in [-0.3, -0.25) is 34.7 Å². The fourth-order valence-electron chi connectivity index (χ4n) is 2.29. The Balaban J connectivity index is 1.75. The second kappa shape index (κ2) is 5.96. The molecule has 0 aliphatic carbocycles. The quantitative estimate of drug-likeness (QED) is 0.488. The number of imide groups is 1. The maximum absolute atomic E-state index is 12.3. The summed E-state index contributed by atoms with van der Waals surface area (Å²) in [6.07, 6.45) is 1.04. The largest absolute Gasteiger partial charge is 0.352 e. The molecule has 1 N–H and O–H groups in total. The summed E-state index contributed by atoms with van der Waals surface area (Å²) in [4.78, 5) is 49.3. The fourth-order valence-corrected chi connectivity index (χ4v) is 2.29. The Bertz CT molecular complexity index is 910. The van der Waals surface area contributed by atoms with Gasteiger partial charge in [-0.15, -0.1) is 0 Å². The van der Waals surface area contributed by atoms with Gasteiger partial charge >= 0.3 is 0 Å². The lowest BCUT2D eigenvalue weighted by molar-refractivity contribution is -0.385. The van der Waals surface area contributed by atoms with Gasteiger partial charge in [-0.25, -0.2) is 4.98 Å². The Morgan fingerprint density at radius 3 is 2.20 bits per heavy atom. The number of nitro benzene ring substituents is 1. The summed E-state index contributed by atoms with van der Waals surface area (Å²) in [6.45, 7) is -0.231. The van der Waals surface area contributed by atoms with Crippen LogP contribution in [0, 0.1) is 20.2 Å². The predicted octanol–water partition coefficient (Wildman–Crippen LogP) is 1.56. The van der Waals surface area contributed by atoms with E-state index in [0.29, 0.717) is 0 Å². The van der Waals surface area contributed by atoms with Crippen molar-refractivity contribution in [2.24, 2.45) is 0 Å². The number of nitrogens with one attached hydrogen (secondary N) is 1. The number of non-ortho nitro benzene ring substituents is 1. The van der Waals surface area contributed by atoms with Crippen molar-refractivity contribution in [3.05, 3.63) is 67.9 Å². The number of amides is 2. The standard InChI is InChI=1S/C14H9N5O6/c20-13-10-3-1-8(18(22)23)5-11(10)14(21)17(13)7-16-12-4-2-9(6-15-12)19(24)25/h1-6H,7H2,(H,15,16). The third-order valence-electron chi connectivity index (χ3n) is 3.54. The molecule has 2 aromatic rings. The second-order valence-corrected chi connectivity index (χ2v) is 5.02. The first-order valence-electron chi connectivity index (χ1n) is 6.87. The number of aromatic nitrogens is 1. The lowest BCUT2D eigenvalue weighted by Crippen LogP contribution is -2.34. The molecule has 2 amide bonds. The molecule has 11 heteroatoms. The Kier molecular flexibility index (Phi) is 3.81. The molecule has 0 unspecified atom stereocenters. The number of nitrogens with zero attached hydrogens (tertiary/aromatic N) is 4. The zero-order valence-corrected chi connectivity index (χ0v) is 12.4. The fraction of sp³-hybridized carbons (Fsp3) is 0.0714. The molecule has 0 fully saturated rings. The number of pyridine rings is 1. The molecule has 0 saturated heterocycles. The van der Waals surface area contributed by atoms with Gasteiger partial charge < -0.3 is 5.32 Å². The minimum Gasteiger partial charge on any atom is -0.352 e. The van der Waals surface area contributed by atoms with Gasteiger partial charge in [-0.2, -0.15) is 0 Å². The van der Waals surface area contributed by atoms with E-state index >= 15 is 0 Å². The highest BCUT2D eigenvalue weighted by molar-refractivity contribution is 6.21. The lowest BCUT2D eigenvalue weighted by atomic mass is 10.1. The highest BCUT2D eigenvalue weighted by atomic mass is 16.6. The Morgan fingerprint density at radius 2 is 1.60 bits per heavy atom. The van der Waals surface area contributed by atoms with Crippen LogP contribution in [0.4, 0.5) is 17.2 Å². The second-order valence-electron chi connectivity index (χ2n) is 5.02. The average Bonchev–Trinajstić information content (AvgIpc) is 2.84. The Hall–Kier alpha value is -3.89. The normalized spacial score (nSPS) is 12.9. The van der Waals surface area contributed by atoms with Gasteiger partial charge in [0.15, 0.2) is 0 Å². The van der Waals surface area contributed by atoms with Crippen LogP contribution >= 0.6 is 0 Å². The number of anilines is 1. The van der Waals surface area contributed by atoms with Crippen molar-refractivity contribution in [3.63, 3.8) is 0 Å². The maximum Gasteiger partial charge on any atom is 0.287 e. The number of carbonyl (C=O) groups is 2. The molecule has 0 atom stereocenters. The number of fused-ring (bicyclic) bond motifs is 1. The zero-order chi connectivity index (χ0) is 18.1. The first-order valence-corrected chi connectivity index (χ1v) is 6.87. The van der Waals surface area contributed by atoms with Crippen molar-refractivity contribution in [1.29, 1.82) is 0 Å². The van der Waals surface area contributed by atoms with E-state index in [2.05, 4.69) is 10.3 Å². The summed E-state index contributed by atoms with van der Waals surface area (Å²) in [6, 6.07) is 6.00. The summed E-state index contributed by atoms with van der Waals surface area (Å²) in [5, 5.41) is 24.1. The van der Waals surface area contributed by atoms with E-state index in [0.717, 1.165) is 23.2 Å². The smallest absolute Gasteiger partial charge is 0.287 e. The van der Waals surface area contributed by atoms with E-state index in [1.54, 1.807) is 0 Å². The molecule has 11 nitrogen and oxygen atoms in total. The van der Waals surface area contributed by atoms with Gasteiger partial charge in [0.1, 0.15) is 12.0 Å². The van der Waals surface area contributed by atoms with Crippen LogP contribution in [0.25, 0.3) is 0 Å². The summed E-state index contributed by atoms with van der Waals surface area (Å²) in [5.41, 5.74) is -0.447. The van der Waals surface area contributed by atoms with Crippen LogP contribution in [0.15, 0.2) is 36.5 Å². The van der Waals surface area contributed by atoms with Crippen LogP contribution in [0.2, 0.25) is 0 Å². The van der Waals surface area contributed by atoms with E-state index < -0.39 is 21.7 Å². The molecule has 1 aromatic carbocycles. The van der Waals surface area contributed by atoms with Gasteiger partial charge in [0.05, 0.1) is 27.6 Å². The molecule has 1 aromatic heterocycles. The molecular weight excluding hydrogens is 334 g/mol. The van der Waals surface area contributed by atoms with Gasteiger partial charge in [-0.1, -0.05) is 0 Å². The number of nitro groups is 2. The van der Waals surface area contributed by atoms with Gasteiger partial charge in [0.2, 0.25) is 0 Å². The molecule has 1 aliphatic rings. The number of hydrogen-bond acceptors (Lipinski definition) is 8. The van der Waals surface area contributed by atoms with Crippen LogP contribution in [-0.2, 0) is 0 Å². The van der Waals surface area contributed by atoms with Gasteiger partial charge in [-0.05, 0) is 12.1 Å². The number of carbonyl (C=O) groups excluding carboxylic acids is 2. The SMILES string of the molecule is O=C1c2ccc([N+](=O)[O-])cc2C(=O)N1CNc1ccc([N+](=O)[O-])cn1. The summed E-state index contributed by atoms with van der Waals surface area (Å²) >= 11 is 0. The molecule has 126 valence electrons. The van der Waals surface area contributed by atoms with Crippen LogP contribution < -0.4 is 5.32 Å².